The molecule has 2 aromatic carbocycles. The topological polar surface area (TPSA) is 89.3 Å². The lowest BCUT2D eigenvalue weighted by Crippen LogP contribution is -2.44. The number of ether oxygens (including phenoxy) is 2. The third-order valence-electron chi connectivity index (χ3n) is 7.28. The Morgan fingerprint density at radius 3 is 2.51 bits per heavy atom. The normalized spacial score (nSPS) is 25.9. The van der Waals surface area contributed by atoms with Crippen molar-refractivity contribution in [3.8, 4) is 11.5 Å². The maximum atomic E-state index is 13.9. The van der Waals surface area contributed by atoms with E-state index in [9.17, 15) is 14.4 Å². The Hall–Kier alpha value is -4.33. The fraction of sp³-hybridized carbons (Fsp3) is 0.222. The van der Waals surface area contributed by atoms with Crippen LogP contribution in [0.15, 0.2) is 71.5 Å². The van der Waals surface area contributed by atoms with Crippen LogP contribution in [0.5, 0.6) is 11.5 Å². The molecule has 0 spiro atoms. The summed E-state index contributed by atoms with van der Waals surface area (Å²) >= 11 is 0. The lowest BCUT2D eigenvalue weighted by Gasteiger charge is -2.35. The van der Waals surface area contributed by atoms with Crippen molar-refractivity contribution < 1.29 is 28.3 Å². The minimum absolute atomic E-state index is 0.166. The van der Waals surface area contributed by atoms with Crippen LogP contribution in [0.4, 0.5) is 5.69 Å². The molecule has 5 heterocycles. The molecular weight excluding hydrogens is 448 g/mol. The first-order valence-electron chi connectivity index (χ1n) is 11.5. The zero-order chi connectivity index (χ0) is 23.7. The predicted octanol–water partition coefficient (Wildman–Crippen LogP) is 3.45. The minimum atomic E-state index is -0.862. The molecule has 0 unspecified atom stereocenters. The molecule has 0 radical (unpaired) electrons. The van der Waals surface area contributed by atoms with Gasteiger partial charge in [0.05, 0.1) is 29.8 Å². The number of nitrogens with zero attached hydrogens (tertiary/aromatic N) is 2. The molecule has 174 valence electrons. The lowest BCUT2D eigenvalue weighted by molar-refractivity contribution is -0.123. The van der Waals surface area contributed by atoms with Crippen LogP contribution >= 0.6 is 0 Å². The first-order chi connectivity index (χ1) is 17.1. The number of Topliss-reactive ketones (excluding diaryl/α,β-unsaturated/α-hetero) is 1. The molecule has 0 N–H and O–H groups in total. The molecule has 2 fully saturated rings. The summed E-state index contributed by atoms with van der Waals surface area (Å²) in [5.74, 6) is -1.39. The van der Waals surface area contributed by atoms with Gasteiger partial charge in [-0.3, -0.25) is 14.4 Å². The third-order valence-corrected chi connectivity index (χ3v) is 7.28. The first kappa shape index (κ1) is 20.1. The molecule has 4 aliphatic heterocycles. The van der Waals surface area contributed by atoms with Crippen molar-refractivity contribution in [1.29, 1.82) is 0 Å². The Balaban J connectivity index is 1.35. The summed E-state index contributed by atoms with van der Waals surface area (Å²) in [5.41, 5.74) is 2.30. The van der Waals surface area contributed by atoms with Crippen LogP contribution < -0.4 is 14.4 Å². The van der Waals surface area contributed by atoms with Gasteiger partial charge in [-0.05, 0) is 41.5 Å². The van der Waals surface area contributed by atoms with E-state index >= 15 is 0 Å². The number of hydrogen-bond acceptors (Lipinski definition) is 7. The van der Waals surface area contributed by atoms with E-state index in [1.165, 1.54) is 11.2 Å². The fourth-order valence-electron chi connectivity index (χ4n) is 5.85. The largest absolute Gasteiger partial charge is 0.486 e. The zero-order valence-electron chi connectivity index (χ0n) is 18.5. The van der Waals surface area contributed by atoms with Gasteiger partial charge in [-0.15, -0.1) is 0 Å². The van der Waals surface area contributed by atoms with E-state index in [0.717, 1.165) is 11.1 Å². The Morgan fingerprint density at radius 2 is 1.69 bits per heavy atom. The summed E-state index contributed by atoms with van der Waals surface area (Å²) in [4.78, 5) is 44.5. The Morgan fingerprint density at radius 1 is 0.886 bits per heavy atom. The van der Waals surface area contributed by atoms with Gasteiger partial charge in [0, 0.05) is 12.3 Å². The molecule has 2 saturated heterocycles. The van der Waals surface area contributed by atoms with Gasteiger partial charge in [-0.25, -0.2) is 4.90 Å². The second kappa shape index (κ2) is 7.33. The highest BCUT2D eigenvalue weighted by Crippen LogP contribution is 2.54. The van der Waals surface area contributed by atoms with Gasteiger partial charge in [0.1, 0.15) is 19.3 Å². The Kier molecular flexibility index (Phi) is 4.21. The number of benzene rings is 2. The summed E-state index contributed by atoms with van der Waals surface area (Å²) < 4.78 is 16.7. The van der Waals surface area contributed by atoms with Gasteiger partial charge < -0.3 is 18.8 Å². The molecule has 35 heavy (non-hydrogen) atoms. The number of fused-ring (bicyclic) bond motifs is 6. The number of furan rings is 1. The van der Waals surface area contributed by atoms with Crippen LogP contribution in [0.25, 0.3) is 6.08 Å². The number of imide groups is 1. The minimum Gasteiger partial charge on any atom is -0.486 e. The van der Waals surface area contributed by atoms with Crippen molar-refractivity contribution in [3.63, 3.8) is 0 Å². The first-order valence-corrected chi connectivity index (χ1v) is 11.5. The van der Waals surface area contributed by atoms with E-state index in [2.05, 4.69) is 0 Å². The van der Waals surface area contributed by atoms with Crippen molar-refractivity contribution >= 4 is 29.4 Å². The molecule has 0 aliphatic carbocycles. The fourth-order valence-corrected chi connectivity index (χ4v) is 5.85. The number of carbonyl (C=O) groups is 3. The standard InChI is InChI=1S/C27H20N2O6/c30-25(19-6-3-11-33-19)24-22-21(23-17-5-2-1-4-15(17)9-10-28(23)24)26(31)29(27(22)32)16-7-8-18-20(14-16)35-13-12-34-18/h1-11,14,21-24H,12-13H2/t21-,22-,23-,24+/m1/s1. The number of anilines is 1. The van der Waals surface area contributed by atoms with Crippen LogP contribution in [0.2, 0.25) is 0 Å². The number of carbonyl (C=O) groups excluding carboxylic acids is 3. The van der Waals surface area contributed by atoms with Crippen molar-refractivity contribution in [1.82, 2.24) is 4.90 Å². The predicted molar refractivity (Wildman–Crippen MR) is 124 cm³/mol. The van der Waals surface area contributed by atoms with Gasteiger partial charge >= 0.3 is 0 Å². The van der Waals surface area contributed by atoms with Gasteiger partial charge in [0.15, 0.2) is 17.3 Å². The molecule has 8 heteroatoms. The zero-order valence-corrected chi connectivity index (χ0v) is 18.5. The summed E-state index contributed by atoms with van der Waals surface area (Å²) in [6.07, 6.45) is 5.18. The van der Waals surface area contributed by atoms with Crippen LogP contribution in [0.3, 0.4) is 0 Å². The summed E-state index contributed by atoms with van der Waals surface area (Å²) in [5, 5.41) is 0. The van der Waals surface area contributed by atoms with Crippen LogP contribution in [0, 0.1) is 11.8 Å². The van der Waals surface area contributed by atoms with Crippen molar-refractivity contribution in [2.24, 2.45) is 11.8 Å². The summed E-state index contributed by atoms with van der Waals surface area (Å²) in [6, 6.07) is 14.7. The van der Waals surface area contributed by atoms with Crippen LogP contribution in [0.1, 0.15) is 27.7 Å². The number of ketones is 1. The lowest BCUT2D eigenvalue weighted by atomic mass is 9.84. The second-order valence-corrected chi connectivity index (χ2v) is 9.01. The molecule has 0 bridgehead atoms. The average Bonchev–Trinajstić information content (AvgIpc) is 3.60. The second-order valence-electron chi connectivity index (χ2n) is 9.01. The molecule has 4 atom stereocenters. The third kappa shape index (κ3) is 2.76. The number of amides is 2. The van der Waals surface area contributed by atoms with Gasteiger partial charge in [-0.2, -0.15) is 0 Å². The molecule has 7 rings (SSSR count). The average molecular weight is 468 g/mol. The van der Waals surface area contributed by atoms with Gasteiger partial charge in [0.25, 0.3) is 0 Å². The molecule has 3 aromatic rings. The van der Waals surface area contributed by atoms with E-state index in [1.807, 2.05) is 41.4 Å². The van der Waals surface area contributed by atoms with Crippen LogP contribution in [-0.2, 0) is 9.59 Å². The quantitative estimate of drug-likeness (QED) is 0.430. The van der Waals surface area contributed by atoms with E-state index in [-0.39, 0.29) is 17.5 Å². The molecule has 0 saturated carbocycles. The van der Waals surface area contributed by atoms with Crippen molar-refractivity contribution in [2.45, 2.75) is 12.1 Å². The smallest absolute Gasteiger partial charge is 0.240 e. The SMILES string of the molecule is O=C(c1ccco1)[C@@H]1[C@@H]2C(=O)N(c3ccc4c(c3)OCCO4)C(=O)[C@H]2[C@H]2c3ccccc3C=CN12. The van der Waals surface area contributed by atoms with E-state index in [0.29, 0.717) is 30.4 Å². The van der Waals surface area contributed by atoms with Crippen molar-refractivity contribution in [2.75, 3.05) is 18.1 Å². The highest BCUT2D eigenvalue weighted by Gasteiger charge is 2.64. The molecule has 1 aromatic heterocycles. The summed E-state index contributed by atoms with van der Waals surface area (Å²) in [7, 11) is 0. The number of rotatable bonds is 3. The van der Waals surface area contributed by atoms with E-state index in [1.54, 1.807) is 30.3 Å². The molecule has 8 nitrogen and oxygen atoms in total. The van der Waals surface area contributed by atoms with Crippen molar-refractivity contribution in [3.05, 3.63) is 83.9 Å². The van der Waals surface area contributed by atoms with E-state index in [4.69, 9.17) is 13.9 Å². The highest BCUT2D eigenvalue weighted by atomic mass is 16.6. The molecule has 2 amide bonds. The van der Waals surface area contributed by atoms with Gasteiger partial charge in [0.2, 0.25) is 17.6 Å². The molecule has 4 aliphatic rings. The monoisotopic (exact) mass is 468 g/mol. The summed E-state index contributed by atoms with van der Waals surface area (Å²) in [6.45, 7) is 0.836. The van der Waals surface area contributed by atoms with Gasteiger partial charge in [-0.1, -0.05) is 24.3 Å². The Bertz CT molecular complexity index is 1410. The Labute approximate surface area is 200 Å². The van der Waals surface area contributed by atoms with E-state index < -0.39 is 29.8 Å². The maximum Gasteiger partial charge on any atom is 0.240 e. The maximum absolute atomic E-state index is 13.9. The highest BCUT2D eigenvalue weighted by molar-refractivity contribution is 6.24. The number of hydrogen-bond donors (Lipinski definition) is 0. The van der Waals surface area contributed by atoms with Crippen LogP contribution in [-0.4, -0.2) is 41.8 Å². The molecular formula is C27H20N2O6.